The number of aromatic nitrogens is 1. The fourth-order valence-corrected chi connectivity index (χ4v) is 2.95. The van der Waals surface area contributed by atoms with Crippen LogP contribution in [0.1, 0.15) is 49.8 Å². The summed E-state index contributed by atoms with van der Waals surface area (Å²) in [4.78, 5) is 16.0. The Labute approximate surface area is 148 Å². The maximum Gasteiger partial charge on any atom is 0.331 e. The largest absolute Gasteiger partial charge is 0.490 e. The number of hydrogen-bond acceptors (Lipinski definition) is 4. The van der Waals surface area contributed by atoms with Crippen LogP contribution in [0.3, 0.4) is 0 Å². The number of carbonyl (C=O) groups is 1. The number of carbonyl (C=O) groups excluding carboxylic acids is 1. The Morgan fingerprint density at radius 2 is 2.08 bits per heavy atom. The Hall–Kier alpha value is -2.62. The van der Waals surface area contributed by atoms with Crippen molar-refractivity contribution in [3.05, 3.63) is 66.0 Å². The summed E-state index contributed by atoms with van der Waals surface area (Å²) in [5.74, 6) is 0.476. The van der Waals surface area contributed by atoms with Gasteiger partial charge in [0, 0.05) is 24.0 Å². The minimum atomic E-state index is -0.376. The number of benzene rings is 1. The highest BCUT2D eigenvalue weighted by Gasteiger charge is 2.16. The molecule has 0 radical (unpaired) electrons. The molecule has 1 heterocycles. The van der Waals surface area contributed by atoms with Crippen molar-refractivity contribution < 1.29 is 14.3 Å². The topological polar surface area (TPSA) is 48.4 Å². The van der Waals surface area contributed by atoms with Gasteiger partial charge >= 0.3 is 5.97 Å². The third-order valence-corrected chi connectivity index (χ3v) is 4.32. The maximum absolute atomic E-state index is 12.0. The zero-order valence-electron chi connectivity index (χ0n) is 14.4. The molecule has 0 spiro atoms. The van der Waals surface area contributed by atoms with Gasteiger partial charge in [-0.2, -0.15) is 0 Å². The normalized spacial score (nSPS) is 16.0. The zero-order chi connectivity index (χ0) is 17.5. The van der Waals surface area contributed by atoms with Crippen LogP contribution in [0.4, 0.5) is 0 Å². The number of hydrogen-bond donors (Lipinski definition) is 0. The second-order valence-electron chi connectivity index (χ2n) is 6.30. The molecule has 1 aliphatic rings. The zero-order valence-corrected chi connectivity index (χ0v) is 14.4. The summed E-state index contributed by atoms with van der Waals surface area (Å²) < 4.78 is 11.4. The quantitative estimate of drug-likeness (QED) is 0.565. The van der Waals surface area contributed by atoms with Crippen LogP contribution < -0.4 is 4.74 Å². The van der Waals surface area contributed by atoms with Gasteiger partial charge in [-0.3, -0.25) is 4.98 Å². The van der Waals surface area contributed by atoms with Crippen molar-refractivity contribution in [1.82, 2.24) is 4.98 Å². The number of pyridine rings is 1. The summed E-state index contributed by atoms with van der Waals surface area (Å²) in [6.45, 7) is 1.83. The molecule has 1 aliphatic carbocycles. The molecule has 3 rings (SSSR count). The van der Waals surface area contributed by atoms with E-state index in [1.807, 2.05) is 43.3 Å². The van der Waals surface area contributed by atoms with E-state index in [1.54, 1.807) is 18.5 Å². The van der Waals surface area contributed by atoms with E-state index in [1.165, 1.54) is 18.9 Å². The molecule has 1 fully saturated rings. The van der Waals surface area contributed by atoms with Crippen molar-refractivity contribution in [3.8, 4) is 5.75 Å². The van der Waals surface area contributed by atoms with Crippen molar-refractivity contribution in [2.45, 2.75) is 44.8 Å². The minimum Gasteiger partial charge on any atom is -0.490 e. The molecule has 0 N–H and O–H groups in total. The summed E-state index contributed by atoms with van der Waals surface area (Å²) in [5.41, 5.74) is 1.79. The Morgan fingerprint density at radius 3 is 2.84 bits per heavy atom. The van der Waals surface area contributed by atoms with Gasteiger partial charge in [-0.15, -0.1) is 0 Å². The summed E-state index contributed by atoms with van der Waals surface area (Å²) in [5, 5.41) is 0. The first-order valence-electron chi connectivity index (χ1n) is 8.76. The van der Waals surface area contributed by atoms with Gasteiger partial charge < -0.3 is 9.47 Å². The Kier molecular flexibility index (Phi) is 5.83. The van der Waals surface area contributed by atoms with E-state index in [0.717, 1.165) is 29.7 Å². The SMILES string of the molecule is CC(OC(=O)/C=C/c1cccc(OC2CCCC2)c1)c1cccnc1. The number of rotatable bonds is 6. The first-order chi connectivity index (χ1) is 12.2. The van der Waals surface area contributed by atoms with Gasteiger partial charge in [-0.05, 0) is 62.4 Å². The average molecular weight is 337 g/mol. The highest BCUT2D eigenvalue weighted by molar-refractivity contribution is 5.87. The standard InChI is InChI=1S/C21H23NO3/c1-16(18-7-5-13-22-15-18)24-21(23)12-11-17-6-4-10-20(14-17)25-19-8-2-3-9-19/h4-7,10-16,19H,2-3,8-9H2,1H3/b12-11+. The van der Waals surface area contributed by atoms with E-state index in [-0.39, 0.29) is 12.1 Å². The van der Waals surface area contributed by atoms with E-state index in [4.69, 9.17) is 9.47 Å². The van der Waals surface area contributed by atoms with Crippen molar-refractivity contribution in [2.75, 3.05) is 0 Å². The van der Waals surface area contributed by atoms with E-state index >= 15 is 0 Å². The van der Waals surface area contributed by atoms with E-state index in [0.29, 0.717) is 6.10 Å². The van der Waals surface area contributed by atoms with Gasteiger partial charge in [-0.25, -0.2) is 4.79 Å². The molecular weight excluding hydrogens is 314 g/mol. The molecule has 1 unspecified atom stereocenters. The molecule has 2 aromatic rings. The smallest absolute Gasteiger partial charge is 0.331 e. The Bertz CT molecular complexity index is 721. The summed E-state index contributed by atoms with van der Waals surface area (Å²) in [6, 6.07) is 11.5. The summed E-state index contributed by atoms with van der Waals surface area (Å²) >= 11 is 0. The lowest BCUT2D eigenvalue weighted by atomic mass is 10.2. The minimum absolute atomic E-state index is 0.324. The first-order valence-corrected chi connectivity index (χ1v) is 8.76. The number of ether oxygens (including phenoxy) is 2. The van der Waals surface area contributed by atoms with Crippen molar-refractivity contribution >= 4 is 12.0 Å². The lowest BCUT2D eigenvalue weighted by Crippen LogP contribution is -2.10. The summed E-state index contributed by atoms with van der Waals surface area (Å²) in [6.07, 6.45) is 11.3. The molecule has 1 aromatic heterocycles. The van der Waals surface area contributed by atoms with Gasteiger partial charge in [0.1, 0.15) is 11.9 Å². The molecule has 0 saturated heterocycles. The molecule has 0 aliphatic heterocycles. The first kappa shape index (κ1) is 17.2. The van der Waals surface area contributed by atoms with Crippen molar-refractivity contribution in [2.24, 2.45) is 0 Å². The molecule has 1 aromatic carbocycles. The van der Waals surface area contributed by atoms with Crippen molar-refractivity contribution in [1.29, 1.82) is 0 Å². The molecule has 1 saturated carbocycles. The van der Waals surface area contributed by atoms with Gasteiger partial charge in [0.15, 0.2) is 0 Å². The highest BCUT2D eigenvalue weighted by Crippen LogP contribution is 2.25. The van der Waals surface area contributed by atoms with Gasteiger partial charge in [0.05, 0.1) is 6.10 Å². The average Bonchev–Trinajstić information content (AvgIpc) is 3.14. The maximum atomic E-state index is 12.0. The predicted octanol–water partition coefficient (Wildman–Crippen LogP) is 4.72. The van der Waals surface area contributed by atoms with Crippen LogP contribution in [0, 0.1) is 0 Å². The third-order valence-electron chi connectivity index (χ3n) is 4.32. The lowest BCUT2D eigenvalue weighted by molar-refractivity contribution is -0.142. The van der Waals surface area contributed by atoms with Crippen LogP contribution >= 0.6 is 0 Å². The van der Waals surface area contributed by atoms with E-state index in [9.17, 15) is 4.79 Å². The van der Waals surface area contributed by atoms with Gasteiger partial charge in [0.2, 0.25) is 0 Å². The van der Waals surface area contributed by atoms with E-state index in [2.05, 4.69) is 4.98 Å². The molecule has 25 heavy (non-hydrogen) atoms. The molecule has 1 atom stereocenters. The fraction of sp³-hybridized carbons (Fsp3) is 0.333. The summed E-state index contributed by atoms with van der Waals surface area (Å²) in [7, 11) is 0. The van der Waals surface area contributed by atoms with Crippen molar-refractivity contribution in [3.63, 3.8) is 0 Å². The fourth-order valence-electron chi connectivity index (χ4n) is 2.95. The predicted molar refractivity (Wildman–Crippen MR) is 97.1 cm³/mol. The van der Waals surface area contributed by atoms with Gasteiger partial charge in [-0.1, -0.05) is 18.2 Å². The second-order valence-corrected chi connectivity index (χ2v) is 6.30. The monoisotopic (exact) mass is 337 g/mol. The molecule has 4 heteroatoms. The van der Waals surface area contributed by atoms with Crippen LogP contribution in [0.5, 0.6) is 5.75 Å². The van der Waals surface area contributed by atoms with Crippen LogP contribution in [0.2, 0.25) is 0 Å². The third kappa shape index (κ3) is 5.18. The number of esters is 1. The van der Waals surface area contributed by atoms with E-state index < -0.39 is 0 Å². The second kappa shape index (κ2) is 8.47. The molecule has 130 valence electrons. The van der Waals surface area contributed by atoms with Gasteiger partial charge in [0.25, 0.3) is 0 Å². The Balaban J connectivity index is 1.56. The van der Waals surface area contributed by atoms with Crippen LogP contribution in [0.25, 0.3) is 6.08 Å². The van der Waals surface area contributed by atoms with Crippen LogP contribution in [-0.4, -0.2) is 17.1 Å². The Morgan fingerprint density at radius 1 is 1.24 bits per heavy atom. The molecule has 0 amide bonds. The lowest BCUT2D eigenvalue weighted by Gasteiger charge is -2.13. The number of nitrogens with zero attached hydrogens (tertiary/aromatic N) is 1. The highest BCUT2D eigenvalue weighted by atomic mass is 16.5. The molecule has 4 nitrogen and oxygen atoms in total. The molecular formula is C21H23NO3. The molecule has 0 bridgehead atoms. The van der Waals surface area contributed by atoms with Crippen LogP contribution in [-0.2, 0) is 9.53 Å². The van der Waals surface area contributed by atoms with Crippen LogP contribution in [0.15, 0.2) is 54.9 Å².